The molecule has 4 heteroatoms. The highest BCUT2D eigenvalue weighted by Gasteiger charge is 2.59. The van der Waals surface area contributed by atoms with E-state index in [2.05, 4.69) is 0 Å². The highest BCUT2D eigenvalue weighted by Crippen LogP contribution is 2.61. The van der Waals surface area contributed by atoms with E-state index in [1.807, 2.05) is 26.8 Å². The van der Waals surface area contributed by atoms with Crippen molar-refractivity contribution in [3.63, 3.8) is 0 Å². The molecule has 0 amide bonds. The molecule has 0 N–H and O–H groups in total. The predicted octanol–water partition coefficient (Wildman–Crippen LogP) is 3.85. The molecule has 3 atom stereocenters. The quantitative estimate of drug-likeness (QED) is 0.682. The molecular formula is C19H22FNO2. The van der Waals surface area contributed by atoms with Crippen LogP contribution >= 0.6 is 0 Å². The number of ketones is 2. The minimum Gasteiger partial charge on any atom is -0.295 e. The second kappa shape index (κ2) is 4.87. The highest BCUT2D eigenvalue weighted by atomic mass is 19.1. The van der Waals surface area contributed by atoms with Gasteiger partial charge in [0.2, 0.25) is 0 Å². The number of rotatable bonds is 0. The summed E-state index contributed by atoms with van der Waals surface area (Å²) in [5, 5.41) is 9.35. The van der Waals surface area contributed by atoms with Gasteiger partial charge in [0, 0.05) is 17.3 Å². The third kappa shape index (κ3) is 2.13. The predicted molar refractivity (Wildman–Crippen MR) is 84.1 cm³/mol. The fourth-order valence-electron chi connectivity index (χ4n) is 5.04. The van der Waals surface area contributed by atoms with Gasteiger partial charge in [0.25, 0.3) is 0 Å². The molecule has 23 heavy (non-hydrogen) atoms. The van der Waals surface area contributed by atoms with Gasteiger partial charge < -0.3 is 0 Å². The maximum absolute atomic E-state index is 15.6. The third-order valence-corrected chi connectivity index (χ3v) is 6.18. The SMILES string of the molecule is CC1(C)C(=O)C(C#N)=C[C@]2(C)C3=CC(=O)CCCC3(F)CC[C@@H]12. The van der Waals surface area contributed by atoms with Gasteiger partial charge in [-0.2, -0.15) is 5.26 Å². The summed E-state index contributed by atoms with van der Waals surface area (Å²) >= 11 is 0. The minimum absolute atomic E-state index is 0.0528. The summed E-state index contributed by atoms with van der Waals surface area (Å²) in [6.45, 7) is 5.57. The van der Waals surface area contributed by atoms with Crippen LogP contribution < -0.4 is 0 Å². The number of hydrogen-bond acceptors (Lipinski definition) is 3. The molecule has 3 aliphatic carbocycles. The first-order valence-electron chi connectivity index (χ1n) is 8.27. The molecule has 122 valence electrons. The summed E-state index contributed by atoms with van der Waals surface area (Å²) < 4.78 is 15.6. The van der Waals surface area contributed by atoms with E-state index in [1.54, 1.807) is 6.08 Å². The minimum atomic E-state index is -1.50. The van der Waals surface area contributed by atoms with Crippen LogP contribution in [0.5, 0.6) is 0 Å². The zero-order valence-corrected chi connectivity index (χ0v) is 13.9. The first-order chi connectivity index (χ1) is 10.6. The van der Waals surface area contributed by atoms with Crippen LogP contribution in [-0.2, 0) is 9.59 Å². The van der Waals surface area contributed by atoms with E-state index in [0.29, 0.717) is 37.7 Å². The topological polar surface area (TPSA) is 57.9 Å². The van der Waals surface area contributed by atoms with E-state index in [4.69, 9.17) is 0 Å². The molecule has 0 heterocycles. The molecule has 0 spiro atoms. The number of halogens is 1. The molecular weight excluding hydrogens is 293 g/mol. The third-order valence-electron chi connectivity index (χ3n) is 6.18. The van der Waals surface area contributed by atoms with Crippen LogP contribution in [0.1, 0.15) is 52.9 Å². The Labute approximate surface area is 136 Å². The van der Waals surface area contributed by atoms with Crippen molar-refractivity contribution in [2.24, 2.45) is 16.7 Å². The highest BCUT2D eigenvalue weighted by molar-refractivity contribution is 6.04. The van der Waals surface area contributed by atoms with E-state index >= 15 is 4.39 Å². The number of alkyl halides is 1. The number of Topliss-reactive ketones (excluding diaryl/α,β-unsaturated/α-hetero) is 1. The van der Waals surface area contributed by atoms with Crippen LogP contribution in [0, 0.1) is 28.1 Å². The second-order valence-corrected chi connectivity index (χ2v) is 7.94. The molecule has 0 aromatic rings. The number of allylic oxidation sites excluding steroid dienone is 4. The molecule has 0 aromatic heterocycles. The Morgan fingerprint density at radius 3 is 2.61 bits per heavy atom. The van der Waals surface area contributed by atoms with E-state index in [9.17, 15) is 14.9 Å². The van der Waals surface area contributed by atoms with Crippen molar-refractivity contribution in [2.75, 3.05) is 0 Å². The van der Waals surface area contributed by atoms with Crippen molar-refractivity contribution in [3.8, 4) is 6.07 Å². The summed E-state index contributed by atoms with van der Waals surface area (Å²) in [7, 11) is 0. The van der Waals surface area contributed by atoms with Crippen molar-refractivity contribution in [1.82, 2.24) is 0 Å². The molecule has 0 aliphatic heterocycles. The Balaban J connectivity index is 2.25. The fourth-order valence-corrected chi connectivity index (χ4v) is 5.04. The number of nitrogens with zero attached hydrogens (tertiary/aromatic N) is 1. The van der Waals surface area contributed by atoms with Crippen LogP contribution in [-0.4, -0.2) is 17.2 Å². The second-order valence-electron chi connectivity index (χ2n) is 7.94. The standard InChI is InChI=1S/C19H22FNO2/c1-17(2)14-6-8-19(20)7-4-5-13(22)9-15(19)18(14,3)10-12(11-21)16(17)23/h9-10,14H,4-8H2,1-3H3/t14-,18-,19?/m0/s1. The van der Waals surface area contributed by atoms with Crippen LogP contribution in [0.3, 0.4) is 0 Å². The van der Waals surface area contributed by atoms with Gasteiger partial charge in [-0.25, -0.2) is 4.39 Å². The van der Waals surface area contributed by atoms with Crippen molar-refractivity contribution in [2.45, 2.75) is 58.5 Å². The summed E-state index contributed by atoms with van der Waals surface area (Å²) in [6, 6.07) is 1.98. The molecule has 0 aromatic carbocycles. The molecule has 0 radical (unpaired) electrons. The lowest BCUT2D eigenvalue weighted by Gasteiger charge is -2.55. The smallest absolute Gasteiger partial charge is 0.178 e. The van der Waals surface area contributed by atoms with Crippen molar-refractivity contribution in [1.29, 1.82) is 5.26 Å². The molecule has 1 unspecified atom stereocenters. The number of fused-ring (bicyclic) bond motifs is 3. The first kappa shape index (κ1) is 16.1. The molecule has 3 nitrogen and oxygen atoms in total. The summed E-state index contributed by atoms with van der Waals surface area (Å²) in [5.74, 6) is -0.321. The Bertz CT molecular complexity index is 697. The first-order valence-corrected chi connectivity index (χ1v) is 8.27. The molecule has 0 saturated heterocycles. The zero-order valence-electron chi connectivity index (χ0n) is 13.9. The van der Waals surface area contributed by atoms with Crippen LogP contribution in [0.4, 0.5) is 4.39 Å². The number of carbonyl (C=O) groups is 2. The average molecular weight is 315 g/mol. The number of nitriles is 1. The van der Waals surface area contributed by atoms with Crippen molar-refractivity contribution < 1.29 is 14.0 Å². The lowest BCUT2D eigenvalue weighted by Crippen LogP contribution is -2.54. The van der Waals surface area contributed by atoms with E-state index in [0.717, 1.165) is 0 Å². The van der Waals surface area contributed by atoms with Crippen LogP contribution in [0.2, 0.25) is 0 Å². The Kier molecular flexibility index (Phi) is 3.41. The van der Waals surface area contributed by atoms with E-state index < -0.39 is 16.5 Å². The van der Waals surface area contributed by atoms with Gasteiger partial charge >= 0.3 is 0 Å². The average Bonchev–Trinajstić information content (AvgIpc) is 2.62. The van der Waals surface area contributed by atoms with E-state index in [-0.39, 0.29) is 23.1 Å². The Hall–Kier alpha value is -1.76. The van der Waals surface area contributed by atoms with Gasteiger partial charge in [-0.05, 0) is 43.3 Å². The number of carbonyl (C=O) groups excluding carboxylic acids is 2. The largest absolute Gasteiger partial charge is 0.295 e. The van der Waals surface area contributed by atoms with Crippen molar-refractivity contribution >= 4 is 11.6 Å². The maximum atomic E-state index is 15.6. The maximum Gasteiger partial charge on any atom is 0.178 e. The van der Waals surface area contributed by atoms with Gasteiger partial charge in [-0.15, -0.1) is 0 Å². The molecule has 1 fully saturated rings. The van der Waals surface area contributed by atoms with Gasteiger partial charge in [-0.1, -0.05) is 26.8 Å². The number of hydrogen-bond donors (Lipinski definition) is 0. The van der Waals surface area contributed by atoms with Gasteiger partial charge in [0.15, 0.2) is 11.6 Å². The summed E-state index contributed by atoms with van der Waals surface area (Å²) in [5.41, 5.74) is -2.40. The molecule has 1 saturated carbocycles. The van der Waals surface area contributed by atoms with Gasteiger partial charge in [-0.3, -0.25) is 9.59 Å². The summed E-state index contributed by atoms with van der Waals surface area (Å²) in [6.07, 6.45) is 5.29. The van der Waals surface area contributed by atoms with E-state index in [1.165, 1.54) is 6.08 Å². The molecule has 3 rings (SSSR count). The Morgan fingerprint density at radius 2 is 1.96 bits per heavy atom. The zero-order chi connectivity index (χ0) is 17.0. The molecule has 3 aliphatic rings. The molecule has 0 bridgehead atoms. The fraction of sp³-hybridized carbons (Fsp3) is 0.632. The summed E-state index contributed by atoms with van der Waals surface area (Å²) in [4.78, 5) is 24.7. The lowest BCUT2D eigenvalue weighted by molar-refractivity contribution is -0.130. The van der Waals surface area contributed by atoms with Crippen molar-refractivity contribution in [3.05, 3.63) is 23.3 Å². The lowest BCUT2D eigenvalue weighted by atomic mass is 9.48. The van der Waals surface area contributed by atoms with Gasteiger partial charge in [0.05, 0.1) is 5.57 Å². The van der Waals surface area contributed by atoms with Crippen LogP contribution in [0.25, 0.3) is 0 Å². The normalized spacial score (nSPS) is 39.3. The monoisotopic (exact) mass is 315 g/mol. The van der Waals surface area contributed by atoms with Gasteiger partial charge in [0.1, 0.15) is 11.7 Å². The Morgan fingerprint density at radius 1 is 1.26 bits per heavy atom. The van der Waals surface area contributed by atoms with Crippen LogP contribution in [0.15, 0.2) is 23.3 Å².